The van der Waals surface area contributed by atoms with Crippen molar-refractivity contribution in [1.82, 2.24) is 19.7 Å². The molecule has 160 valence electrons. The lowest BCUT2D eigenvalue weighted by atomic mass is 9.96. The number of nitrogens with one attached hydrogen (secondary N) is 1. The molecule has 6 nitrogen and oxygen atoms in total. The summed E-state index contributed by atoms with van der Waals surface area (Å²) in [7, 11) is 0. The highest BCUT2D eigenvalue weighted by Gasteiger charge is 2.18. The minimum atomic E-state index is -0.0312. The van der Waals surface area contributed by atoms with E-state index in [1.165, 1.54) is 5.56 Å². The van der Waals surface area contributed by atoms with Crippen LogP contribution in [-0.4, -0.2) is 25.5 Å². The number of hydrogen-bond acceptors (Lipinski definition) is 4. The molecule has 4 heterocycles. The van der Waals surface area contributed by atoms with Crippen molar-refractivity contribution in [2.24, 2.45) is 4.99 Å². The van der Waals surface area contributed by atoms with Crippen LogP contribution < -0.4 is 5.56 Å². The van der Waals surface area contributed by atoms with Gasteiger partial charge in [-0.15, -0.1) is 0 Å². The van der Waals surface area contributed by atoms with Gasteiger partial charge in [0.25, 0.3) is 5.56 Å². The van der Waals surface area contributed by atoms with E-state index in [1.54, 1.807) is 16.8 Å². The molecule has 2 aromatic carbocycles. The number of aromatic amines is 1. The van der Waals surface area contributed by atoms with Crippen LogP contribution in [0.2, 0.25) is 0 Å². The maximum absolute atomic E-state index is 12.9. The molecule has 0 spiro atoms. The second-order valence-corrected chi connectivity index (χ2v) is 8.40. The Balaban J connectivity index is 1.31. The first-order chi connectivity index (χ1) is 16.1. The molecule has 0 saturated heterocycles. The van der Waals surface area contributed by atoms with Crippen molar-refractivity contribution >= 4 is 16.6 Å². The topological polar surface area (TPSA) is 75.9 Å². The zero-order valence-electron chi connectivity index (χ0n) is 18.1. The first-order valence-electron chi connectivity index (χ1n) is 10.9. The molecule has 1 N–H and O–H groups in total. The van der Waals surface area contributed by atoms with E-state index in [-0.39, 0.29) is 5.56 Å². The number of aliphatic imine (C=N–C) groups is 1. The normalized spacial score (nSPS) is 12.7. The Labute approximate surface area is 190 Å². The minimum absolute atomic E-state index is 0.0312. The average Bonchev–Trinajstić information content (AvgIpc) is 3.46. The molecule has 1 aliphatic rings. The summed E-state index contributed by atoms with van der Waals surface area (Å²) < 4.78 is 1.72. The van der Waals surface area contributed by atoms with Gasteiger partial charge in [-0.25, -0.2) is 0 Å². The van der Waals surface area contributed by atoms with Crippen LogP contribution >= 0.6 is 0 Å². The molecule has 6 heteroatoms. The lowest BCUT2D eigenvalue weighted by Gasteiger charge is -2.10. The molecule has 0 bridgehead atoms. The van der Waals surface area contributed by atoms with E-state index in [4.69, 9.17) is 4.99 Å². The van der Waals surface area contributed by atoms with Gasteiger partial charge in [-0.05, 0) is 59.5 Å². The summed E-state index contributed by atoms with van der Waals surface area (Å²) in [5.74, 6) is 0. The first-order valence-corrected chi connectivity index (χ1v) is 10.9. The van der Waals surface area contributed by atoms with Crippen molar-refractivity contribution in [3.05, 3.63) is 118 Å². The third-order valence-corrected chi connectivity index (χ3v) is 6.13. The fourth-order valence-electron chi connectivity index (χ4n) is 4.40. The number of rotatable bonds is 4. The second-order valence-electron chi connectivity index (χ2n) is 8.40. The molecule has 6 rings (SSSR count). The van der Waals surface area contributed by atoms with Crippen molar-refractivity contribution in [2.75, 3.05) is 0 Å². The summed E-state index contributed by atoms with van der Waals surface area (Å²) in [4.78, 5) is 22.0. The maximum Gasteiger partial charge on any atom is 0.251 e. The average molecular weight is 431 g/mol. The molecule has 5 aromatic rings. The molecule has 0 amide bonds. The maximum atomic E-state index is 12.9. The van der Waals surface area contributed by atoms with Crippen molar-refractivity contribution in [1.29, 1.82) is 0 Å². The Morgan fingerprint density at radius 3 is 2.76 bits per heavy atom. The predicted molar refractivity (Wildman–Crippen MR) is 130 cm³/mol. The van der Waals surface area contributed by atoms with Crippen LogP contribution in [0, 0.1) is 6.92 Å². The van der Waals surface area contributed by atoms with E-state index in [9.17, 15) is 4.79 Å². The molecular formula is C27H21N5O. The lowest BCUT2D eigenvalue weighted by molar-refractivity contribution is 0.761. The van der Waals surface area contributed by atoms with E-state index >= 15 is 0 Å². The highest BCUT2D eigenvalue weighted by molar-refractivity contribution is 6.15. The number of H-pyrrole nitrogens is 1. The minimum Gasteiger partial charge on any atom is -0.311 e. The largest absolute Gasteiger partial charge is 0.311 e. The zero-order valence-corrected chi connectivity index (χ0v) is 18.1. The summed E-state index contributed by atoms with van der Waals surface area (Å²) in [6.45, 7) is 3.17. The summed E-state index contributed by atoms with van der Waals surface area (Å²) in [5, 5.41) is 8.10. The third kappa shape index (κ3) is 3.55. The van der Waals surface area contributed by atoms with Crippen molar-refractivity contribution in [3.63, 3.8) is 0 Å². The number of nitrogens with zero attached hydrogens (tertiary/aromatic N) is 4. The second kappa shape index (κ2) is 7.67. The number of aromatic nitrogens is 4. The van der Waals surface area contributed by atoms with E-state index in [1.807, 2.05) is 49.6 Å². The fourth-order valence-corrected chi connectivity index (χ4v) is 4.40. The van der Waals surface area contributed by atoms with E-state index in [2.05, 4.69) is 39.4 Å². The van der Waals surface area contributed by atoms with Gasteiger partial charge in [-0.2, -0.15) is 5.10 Å². The SMILES string of the molecule is Cc1cc(C2=NCc3ccc(-c4ccn(Cc5ccc6cn[nH]c6c5)c(=O)c4)cc32)ccn1. The van der Waals surface area contributed by atoms with Gasteiger partial charge in [0.15, 0.2) is 0 Å². The Morgan fingerprint density at radius 1 is 0.970 bits per heavy atom. The van der Waals surface area contributed by atoms with Gasteiger partial charge >= 0.3 is 0 Å². The summed E-state index contributed by atoms with van der Waals surface area (Å²) in [6, 6.07) is 20.2. The molecule has 0 atom stereocenters. The third-order valence-electron chi connectivity index (χ3n) is 6.13. The van der Waals surface area contributed by atoms with Gasteiger partial charge in [0.05, 0.1) is 30.5 Å². The van der Waals surface area contributed by atoms with E-state index in [0.29, 0.717) is 13.1 Å². The molecule has 0 aliphatic carbocycles. The summed E-state index contributed by atoms with van der Waals surface area (Å²) in [6.07, 6.45) is 5.48. The summed E-state index contributed by atoms with van der Waals surface area (Å²) >= 11 is 0. The van der Waals surface area contributed by atoms with Crippen molar-refractivity contribution in [2.45, 2.75) is 20.0 Å². The number of benzene rings is 2. The number of fused-ring (bicyclic) bond motifs is 2. The van der Waals surface area contributed by atoms with Crippen LogP contribution in [0.4, 0.5) is 0 Å². The monoisotopic (exact) mass is 431 g/mol. The molecule has 0 radical (unpaired) electrons. The summed E-state index contributed by atoms with van der Waals surface area (Å²) in [5.41, 5.74) is 9.25. The predicted octanol–water partition coefficient (Wildman–Crippen LogP) is 4.49. The quantitative estimate of drug-likeness (QED) is 0.455. The Hall–Kier alpha value is -4.32. The first kappa shape index (κ1) is 19.4. The highest BCUT2D eigenvalue weighted by Crippen LogP contribution is 2.28. The Morgan fingerprint density at radius 2 is 1.88 bits per heavy atom. The van der Waals surface area contributed by atoms with Crippen LogP contribution in [0.25, 0.3) is 22.0 Å². The van der Waals surface area contributed by atoms with E-state index in [0.717, 1.165) is 50.1 Å². The van der Waals surface area contributed by atoms with Gasteiger partial charge in [0, 0.05) is 40.7 Å². The fraction of sp³-hybridized carbons (Fsp3) is 0.111. The van der Waals surface area contributed by atoms with Crippen LogP contribution in [0.1, 0.15) is 27.9 Å². The van der Waals surface area contributed by atoms with E-state index < -0.39 is 0 Å². The molecule has 0 unspecified atom stereocenters. The molecule has 0 fully saturated rings. The standard InChI is InChI=1S/C27H21N5O/c1-17-10-21(6-8-28-17)27-24-12-19(4-5-22(24)14-29-27)20-7-9-32(26(33)13-20)16-18-2-3-23-15-30-31-25(23)11-18/h2-13,15H,14,16H2,1H3,(H,30,31). The Bertz CT molecular complexity index is 1610. The van der Waals surface area contributed by atoms with Gasteiger partial charge in [-0.3, -0.25) is 19.9 Å². The molecule has 0 saturated carbocycles. The van der Waals surface area contributed by atoms with Crippen LogP contribution in [0.3, 0.4) is 0 Å². The van der Waals surface area contributed by atoms with Gasteiger partial charge in [0.1, 0.15) is 0 Å². The number of pyridine rings is 2. The van der Waals surface area contributed by atoms with Crippen LogP contribution in [0.15, 0.2) is 89.0 Å². The van der Waals surface area contributed by atoms with Crippen LogP contribution in [-0.2, 0) is 13.1 Å². The zero-order chi connectivity index (χ0) is 22.4. The van der Waals surface area contributed by atoms with Crippen LogP contribution in [0.5, 0.6) is 0 Å². The van der Waals surface area contributed by atoms with Gasteiger partial charge < -0.3 is 4.57 Å². The van der Waals surface area contributed by atoms with Gasteiger partial charge in [0.2, 0.25) is 0 Å². The molecule has 1 aliphatic heterocycles. The molecule has 3 aromatic heterocycles. The van der Waals surface area contributed by atoms with Crippen molar-refractivity contribution < 1.29 is 0 Å². The molecular weight excluding hydrogens is 410 g/mol. The highest BCUT2D eigenvalue weighted by atomic mass is 16.1. The number of hydrogen-bond donors (Lipinski definition) is 1. The van der Waals surface area contributed by atoms with Crippen molar-refractivity contribution in [3.8, 4) is 11.1 Å². The van der Waals surface area contributed by atoms with Gasteiger partial charge in [-0.1, -0.05) is 24.3 Å². The lowest BCUT2D eigenvalue weighted by Crippen LogP contribution is -2.19. The Kier molecular flexibility index (Phi) is 4.50. The molecule has 33 heavy (non-hydrogen) atoms. The smallest absolute Gasteiger partial charge is 0.251 e. The number of aryl methyl sites for hydroxylation is 1.